The maximum absolute atomic E-state index is 12.0. The molecule has 0 spiro atoms. The normalized spacial score (nSPS) is 19.9. The van der Waals surface area contributed by atoms with Gasteiger partial charge in [0.25, 0.3) is 0 Å². The topological polar surface area (TPSA) is 81.7 Å². The van der Waals surface area contributed by atoms with Crippen molar-refractivity contribution in [3.05, 3.63) is 34.7 Å². The van der Waals surface area contributed by atoms with E-state index >= 15 is 0 Å². The SMILES string of the molecule is Cl.Cl.NC[C@H]1CC[C@@H](C(=O)NCc2cn3cc(Br)ccc3n2)O1. The minimum atomic E-state index is -0.385. The number of fused-ring (bicyclic) bond motifs is 1. The molecule has 0 saturated carbocycles. The van der Waals surface area contributed by atoms with E-state index in [4.69, 9.17) is 10.5 Å². The lowest BCUT2D eigenvalue weighted by molar-refractivity contribution is -0.132. The Balaban J connectivity index is 0.00000132. The van der Waals surface area contributed by atoms with Crippen LogP contribution < -0.4 is 11.1 Å². The third-order valence-corrected chi connectivity index (χ3v) is 4.04. The van der Waals surface area contributed by atoms with Crippen LogP contribution in [0.5, 0.6) is 0 Å². The minimum absolute atomic E-state index is 0. The van der Waals surface area contributed by atoms with Gasteiger partial charge in [0.15, 0.2) is 0 Å². The number of hydrogen-bond donors (Lipinski definition) is 2. The highest BCUT2D eigenvalue weighted by Crippen LogP contribution is 2.19. The molecule has 9 heteroatoms. The number of nitrogens with two attached hydrogens (primary N) is 1. The van der Waals surface area contributed by atoms with Crippen LogP contribution in [-0.2, 0) is 16.1 Å². The van der Waals surface area contributed by atoms with Gasteiger partial charge in [-0.15, -0.1) is 24.8 Å². The molecule has 2 aromatic heterocycles. The molecule has 3 heterocycles. The highest BCUT2D eigenvalue weighted by molar-refractivity contribution is 9.10. The molecule has 1 aliphatic rings. The third kappa shape index (κ3) is 4.81. The second-order valence-electron chi connectivity index (χ2n) is 5.12. The largest absolute Gasteiger partial charge is 0.364 e. The first-order valence-corrected chi connectivity index (χ1v) is 7.71. The summed E-state index contributed by atoms with van der Waals surface area (Å²) in [6, 6.07) is 3.85. The maximum Gasteiger partial charge on any atom is 0.249 e. The van der Waals surface area contributed by atoms with Gasteiger partial charge < -0.3 is 20.2 Å². The second kappa shape index (κ2) is 8.84. The van der Waals surface area contributed by atoms with Crippen LogP contribution in [0.3, 0.4) is 0 Å². The average molecular weight is 426 g/mol. The van der Waals surface area contributed by atoms with E-state index in [2.05, 4.69) is 26.2 Å². The molecule has 0 radical (unpaired) electrons. The second-order valence-corrected chi connectivity index (χ2v) is 6.04. The van der Waals surface area contributed by atoms with Gasteiger partial charge in [-0.05, 0) is 40.9 Å². The van der Waals surface area contributed by atoms with Gasteiger partial charge in [-0.25, -0.2) is 4.98 Å². The molecule has 0 aromatic carbocycles. The van der Waals surface area contributed by atoms with Gasteiger partial charge in [0.1, 0.15) is 11.8 Å². The fraction of sp³-hybridized carbons (Fsp3) is 0.429. The number of halogens is 3. The van der Waals surface area contributed by atoms with E-state index in [-0.39, 0.29) is 42.9 Å². The van der Waals surface area contributed by atoms with Crippen molar-refractivity contribution in [3.63, 3.8) is 0 Å². The number of imidazole rings is 1. The molecule has 23 heavy (non-hydrogen) atoms. The molecule has 0 bridgehead atoms. The number of rotatable bonds is 4. The summed E-state index contributed by atoms with van der Waals surface area (Å²) < 4.78 is 8.47. The van der Waals surface area contributed by atoms with Gasteiger partial charge in [-0.2, -0.15) is 0 Å². The Morgan fingerprint density at radius 3 is 2.87 bits per heavy atom. The first-order valence-electron chi connectivity index (χ1n) is 6.92. The number of aromatic nitrogens is 2. The van der Waals surface area contributed by atoms with Crippen LogP contribution in [0.1, 0.15) is 18.5 Å². The van der Waals surface area contributed by atoms with Gasteiger partial charge >= 0.3 is 0 Å². The Morgan fingerprint density at radius 1 is 1.39 bits per heavy atom. The summed E-state index contributed by atoms with van der Waals surface area (Å²) >= 11 is 3.42. The molecule has 0 unspecified atom stereocenters. The molecule has 1 saturated heterocycles. The number of nitrogens with one attached hydrogen (secondary N) is 1. The van der Waals surface area contributed by atoms with Crippen LogP contribution in [0.2, 0.25) is 0 Å². The Labute approximate surface area is 155 Å². The average Bonchev–Trinajstić information content (AvgIpc) is 3.10. The standard InChI is InChI=1S/C14H17BrN4O2.2ClH/c15-9-1-4-13-18-10(8-19(13)7-9)6-17-14(20)12-3-2-11(5-16)21-12;;/h1,4,7-8,11-12H,2-3,5-6,16H2,(H,17,20);2*1H/t11-,12+;;/m1../s1. The zero-order chi connectivity index (χ0) is 14.8. The summed E-state index contributed by atoms with van der Waals surface area (Å²) in [7, 11) is 0. The maximum atomic E-state index is 12.0. The Hall–Kier alpha value is -0.860. The van der Waals surface area contributed by atoms with Crippen LogP contribution >= 0.6 is 40.7 Å². The summed E-state index contributed by atoms with van der Waals surface area (Å²) in [6.45, 7) is 0.858. The van der Waals surface area contributed by atoms with Gasteiger partial charge in [0.05, 0.1) is 18.3 Å². The Morgan fingerprint density at radius 2 is 2.17 bits per heavy atom. The van der Waals surface area contributed by atoms with Crippen LogP contribution in [0.4, 0.5) is 0 Å². The van der Waals surface area contributed by atoms with E-state index in [1.165, 1.54) is 0 Å². The van der Waals surface area contributed by atoms with Crippen molar-refractivity contribution in [1.82, 2.24) is 14.7 Å². The Bertz CT molecular complexity index is 667. The van der Waals surface area contributed by atoms with Crippen molar-refractivity contribution >= 4 is 52.3 Å². The molecule has 3 N–H and O–H groups in total. The highest BCUT2D eigenvalue weighted by atomic mass is 79.9. The van der Waals surface area contributed by atoms with Crippen molar-refractivity contribution in [2.24, 2.45) is 5.73 Å². The van der Waals surface area contributed by atoms with Crippen molar-refractivity contribution in [3.8, 4) is 0 Å². The zero-order valence-electron chi connectivity index (χ0n) is 12.3. The van der Waals surface area contributed by atoms with E-state index in [9.17, 15) is 4.79 Å². The number of amides is 1. The predicted octanol–water partition coefficient (Wildman–Crippen LogP) is 2.06. The number of nitrogens with zero attached hydrogens (tertiary/aromatic N) is 2. The van der Waals surface area contributed by atoms with Gasteiger partial charge in [0.2, 0.25) is 5.91 Å². The molecule has 128 valence electrons. The van der Waals surface area contributed by atoms with Crippen LogP contribution in [0.15, 0.2) is 29.0 Å². The summed E-state index contributed by atoms with van der Waals surface area (Å²) in [5.41, 5.74) is 7.21. The van der Waals surface area contributed by atoms with E-state index in [0.29, 0.717) is 13.1 Å². The lowest BCUT2D eigenvalue weighted by atomic mass is 10.2. The molecule has 1 amide bonds. The fourth-order valence-corrected chi connectivity index (χ4v) is 2.82. The summed E-state index contributed by atoms with van der Waals surface area (Å²) in [6.07, 6.45) is 5.03. The summed E-state index contributed by atoms with van der Waals surface area (Å²) in [4.78, 5) is 16.5. The predicted molar refractivity (Wildman–Crippen MR) is 96.2 cm³/mol. The first-order chi connectivity index (χ1) is 10.2. The zero-order valence-corrected chi connectivity index (χ0v) is 15.5. The van der Waals surface area contributed by atoms with Crippen LogP contribution in [0.25, 0.3) is 5.65 Å². The summed E-state index contributed by atoms with van der Waals surface area (Å²) in [5.74, 6) is -0.0933. The van der Waals surface area contributed by atoms with Gasteiger partial charge in [-0.1, -0.05) is 0 Å². The molecule has 1 aliphatic heterocycles. The molecular formula is C14H19BrCl2N4O2. The first kappa shape index (κ1) is 20.2. The number of pyridine rings is 1. The highest BCUT2D eigenvalue weighted by Gasteiger charge is 2.29. The number of carbonyl (C=O) groups excluding carboxylic acids is 1. The fourth-order valence-electron chi connectivity index (χ4n) is 2.47. The summed E-state index contributed by atoms with van der Waals surface area (Å²) in [5, 5.41) is 2.87. The molecule has 2 atom stereocenters. The van der Waals surface area contributed by atoms with Crippen molar-refractivity contribution in [1.29, 1.82) is 0 Å². The van der Waals surface area contributed by atoms with Crippen LogP contribution in [0, 0.1) is 0 Å². The molecule has 0 aliphatic carbocycles. The van der Waals surface area contributed by atoms with E-state index in [0.717, 1.165) is 28.7 Å². The van der Waals surface area contributed by atoms with Gasteiger partial charge in [0, 0.05) is 23.4 Å². The van der Waals surface area contributed by atoms with E-state index in [1.807, 2.05) is 28.9 Å². The van der Waals surface area contributed by atoms with Gasteiger partial charge in [-0.3, -0.25) is 4.79 Å². The quantitative estimate of drug-likeness (QED) is 0.785. The lowest BCUT2D eigenvalue weighted by Gasteiger charge is -2.11. The smallest absolute Gasteiger partial charge is 0.249 e. The van der Waals surface area contributed by atoms with Crippen molar-refractivity contribution in [2.45, 2.75) is 31.6 Å². The third-order valence-electron chi connectivity index (χ3n) is 3.57. The van der Waals surface area contributed by atoms with Crippen LogP contribution in [-0.4, -0.2) is 34.0 Å². The number of ether oxygens (including phenoxy) is 1. The molecular weight excluding hydrogens is 407 g/mol. The molecule has 1 fully saturated rings. The monoisotopic (exact) mass is 424 g/mol. The lowest BCUT2D eigenvalue weighted by Crippen LogP contribution is -2.35. The van der Waals surface area contributed by atoms with Crippen molar-refractivity contribution in [2.75, 3.05) is 6.54 Å². The van der Waals surface area contributed by atoms with E-state index in [1.54, 1.807) is 0 Å². The molecule has 6 nitrogen and oxygen atoms in total. The van der Waals surface area contributed by atoms with E-state index < -0.39 is 0 Å². The molecule has 2 aromatic rings. The molecule has 3 rings (SSSR count). The number of carbonyl (C=O) groups is 1. The number of hydrogen-bond acceptors (Lipinski definition) is 4. The van der Waals surface area contributed by atoms with Crippen molar-refractivity contribution < 1.29 is 9.53 Å². The minimum Gasteiger partial charge on any atom is -0.364 e. The Kier molecular flexibility index (Phi) is 7.76.